The fourth-order valence-electron chi connectivity index (χ4n) is 4.53. The van der Waals surface area contributed by atoms with Crippen LogP contribution in [0.15, 0.2) is 46.4 Å². The Morgan fingerprint density at radius 1 is 1.00 bits per heavy atom. The van der Waals surface area contributed by atoms with Gasteiger partial charge in [-0.25, -0.2) is 14.3 Å². The number of carbonyl (C=O) groups excluding carboxylic acids is 2. The maximum Gasteiger partial charge on any atom is 0.332 e. The van der Waals surface area contributed by atoms with E-state index in [0.29, 0.717) is 26.2 Å². The van der Waals surface area contributed by atoms with Crippen LogP contribution in [0, 0.1) is 0 Å². The molecule has 0 spiro atoms. The van der Waals surface area contributed by atoms with Crippen LogP contribution in [0.2, 0.25) is 0 Å². The number of benzene rings is 1. The van der Waals surface area contributed by atoms with Gasteiger partial charge in [-0.1, -0.05) is 18.2 Å². The Kier molecular flexibility index (Phi) is 5.31. The first-order valence-electron chi connectivity index (χ1n) is 11.1. The molecular formula is C23H25N7O4. The summed E-state index contributed by atoms with van der Waals surface area (Å²) in [6, 6.07) is 7.84. The van der Waals surface area contributed by atoms with E-state index in [0.717, 1.165) is 21.0 Å². The number of hydrogen-bond donors (Lipinski definition) is 1. The van der Waals surface area contributed by atoms with Gasteiger partial charge < -0.3 is 19.4 Å². The highest BCUT2D eigenvalue weighted by molar-refractivity contribution is 5.89. The van der Waals surface area contributed by atoms with Gasteiger partial charge in [0.2, 0.25) is 11.8 Å². The fourth-order valence-corrected chi connectivity index (χ4v) is 4.53. The quantitative estimate of drug-likeness (QED) is 0.451. The van der Waals surface area contributed by atoms with Gasteiger partial charge >= 0.3 is 5.69 Å². The molecule has 1 N–H and O–H groups in total. The zero-order valence-corrected chi connectivity index (χ0v) is 19.0. The molecule has 176 valence electrons. The Morgan fingerprint density at radius 2 is 1.68 bits per heavy atom. The number of H-pyrrole nitrogens is 1. The molecule has 5 rings (SSSR count). The molecule has 0 saturated carbocycles. The number of aryl methyl sites for hydroxylation is 2. The first kappa shape index (κ1) is 21.7. The Morgan fingerprint density at radius 3 is 2.41 bits per heavy atom. The molecule has 1 aliphatic rings. The van der Waals surface area contributed by atoms with Crippen molar-refractivity contribution < 1.29 is 9.59 Å². The molecule has 0 radical (unpaired) electrons. The summed E-state index contributed by atoms with van der Waals surface area (Å²) in [4.78, 5) is 61.9. The Bertz CT molecular complexity index is 1530. The zero-order chi connectivity index (χ0) is 24.0. The summed E-state index contributed by atoms with van der Waals surface area (Å²) in [7, 11) is 3.19. The molecule has 0 atom stereocenters. The van der Waals surface area contributed by atoms with Crippen molar-refractivity contribution in [2.45, 2.75) is 13.0 Å². The molecule has 4 heterocycles. The number of fused-ring (bicyclic) bond motifs is 2. The van der Waals surface area contributed by atoms with Gasteiger partial charge in [0.05, 0.1) is 12.7 Å². The van der Waals surface area contributed by atoms with Gasteiger partial charge in [-0.3, -0.25) is 19.0 Å². The van der Waals surface area contributed by atoms with E-state index in [1.165, 1.54) is 22.5 Å². The van der Waals surface area contributed by atoms with E-state index in [-0.39, 0.29) is 35.9 Å². The highest BCUT2D eigenvalue weighted by Gasteiger charge is 2.26. The summed E-state index contributed by atoms with van der Waals surface area (Å²) < 4.78 is 3.75. The molecule has 1 fully saturated rings. The van der Waals surface area contributed by atoms with E-state index in [2.05, 4.69) is 9.97 Å². The standard InChI is InChI=1S/C23H25N7O4/c1-26-14-25-21-20(26)22(33)30(23(34)27(21)2)13-19(32)29-9-7-28(8-10-29)18(31)11-15-12-24-17-6-4-3-5-16(15)17/h3-6,12,14,24H,7-11,13H2,1-2H3. The molecule has 11 nitrogen and oxygen atoms in total. The van der Waals surface area contributed by atoms with Crippen molar-refractivity contribution in [1.29, 1.82) is 0 Å². The second-order valence-electron chi connectivity index (χ2n) is 8.56. The van der Waals surface area contributed by atoms with Gasteiger partial charge in [0.25, 0.3) is 5.56 Å². The first-order valence-corrected chi connectivity index (χ1v) is 11.1. The Hall–Kier alpha value is -4.15. The van der Waals surface area contributed by atoms with Gasteiger partial charge in [0.1, 0.15) is 6.54 Å². The molecule has 2 amide bonds. The van der Waals surface area contributed by atoms with Gasteiger partial charge in [0, 0.05) is 57.4 Å². The number of nitrogens with one attached hydrogen (secondary N) is 1. The summed E-state index contributed by atoms with van der Waals surface area (Å²) in [5, 5.41) is 1.03. The molecule has 1 aromatic carbocycles. The van der Waals surface area contributed by atoms with Crippen LogP contribution in [0.5, 0.6) is 0 Å². The number of piperazine rings is 1. The third-order valence-corrected chi connectivity index (χ3v) is 6.50. The minimum Gasteiger partial charge on any atom is -0.361 e. The summed E-state index contributed by atoms with van der Waals surface area (Å²) in [6.45, 7) is 1.15. The molecule has 3 aromatic heterocycles. The van der Waals surface area contributed by atoms with E-state index in [1.807, 2.05) is 30.5 Å². The van der Waals surface area contributed by atoms with E-state index in [9.17, 15) is 19.2 Å². The molecular weight excluding hydrogens is 438 g/mol. The zero-order valence-electron chi connectivity index (χ0n) is 19.0. The van der Waals surface area contributed by atoms with Crippen LogP contribution in [0.25, 0.3) is 22.1 Å². The number of aromatic amines is 1. The van der Waals surface area contributed by atoms with Crippen molar-refractivity contribution >= 4 is 33.9 Å². The number of carbonyl (C=O) groups is 2. The van der Waals surface area contributed by atoms with Crippen LogP contribution >= 0.6 is 0 Å². The van der Waals surface area contributed by atoms with Crippen LogP contribution in [-0.2, 0) is 36.6 Å². The third-order valence-electron chi connectivity index (χ3n) is 6.50. The summed E-state index contributed by atoms with van der Waals surface area (Å²) in [6.07, 6.45) is 3.61. The van der Waals surface area contributed by atoms with Crippen LogP contribution < -0.4 is 11.2 Å². The summed E-state index contributed by atoms with van der Waals surface area (Å²) in [5.74, 6) is -0.326. The Balaban J connectivity index is 1.25. The topological polar surface area (TPSA) is 118 Å². The van der Waals surface area contributed by atoms with Crippen LogP contribution in [0.1, 0.15) is 5.56 Å². The van der Waals surface area contributed by atoms with Crippen molar-refractivity contribution in [3.05, 3.63) is 63.2 Å². The van der Waals surface area contributed by atoms with E-state index in [4.69, 9.17) is 0 Å². The molecule has 11 heteroatoms. The SMILES string of the molecule is Cn1cnc2c1c(=O)n(CC(=O)N1CCN(C(=O)Cc3c[nH]c4ccccc34)CC1)c(=O)n2C. The number of rotatable bonds is 4. The molecule has 1 aliphatic heterocycles. The Labute approximate surface area is 193 Å². The lowest BCUT2D eigenvalue weighted by Gasteiger charge is -2.35. The summed E-state index contributed by atoms with van der Waals surface area (Å²) in [5.41, 5.74) is 1.36. The predicted molar refractivity (Wildman–Crippen MR) is 125 cm³/mol. The highest BCUT2D eigenvalue weighted by atomic mass is 16.2. The molecule has 0 unspecified atom stereocenters. The third kappa shape index (κ3) is 3.58. The van der Waals surface area contributed by atoms with Crippen LogP contribution in [0.4, 0.5) is 0 Å². The first-order chi connectivity index (χ1) is 16.3. The lowest BCUT2D eigenvalue weighted by molar-refractivity contribution is -0.139. The number of nitrogens with zero attached hydrogens (tertiary/aromatic N) is 6. The minimum atomic E-state index is -0.586. The lowest BCUT2D eigenvalue weighted by Crippen LogP contribution is -2.53. The largest absolute Gasteiger partial charge is 0.361 e. The molecule has 4 aromatic rings. The van der Waals surface area contributed by atoms with Gasteiger partial charge in [-0.05, 0) is 11.6 Å². The number of hydrogen-bond acceptors (Lipinski definition) is 5. The predicted octanol–water partition coefficient (Wildman–Crippen LogP) is -0.171. The molecule has 0 aliphatic carbocycles. The van der Waals surface area contributed by atoms with Gasteiger partial charge in [0.15, 0.2) is 11.2 Å². The van der Waals surface area contributed by atoms with Crippen molar-refractivity contribution in [3.8, 4) is 0 Å². The maximum atomic E-state index is 12.9. The molecule has 1 saturated heterocycles. The van der Waals surface area contributed by atoms with Crippen molar-refractivity contribution in [2.24, 2.45) is 14.1 Å². The monoisotopic (exact) mass is 463 g/mol. The summed E-state index contributed by atoms with van der Waals surface area (Å²) >= 11 is 0. The molecule has 34 heavy (non-hydrogen) atoms. The van der Waals surface area contributed by atoms with Crippen molar-refractivity contribution in [3.63, 3.8) is 0 Å². The average Bonchev–Trinajstić information content (AvgIpc) is 3.44. The number of imidazole rings is 1. The highest BCUT2D eigenvalue weighted by Crippen LogP contribution is 2.19. The lowest BCUT2D eigenvalue weighted by atomic mass is 10.1. The van der Waals surface area contributed by atoms with Crippen molar-refractivity contribution in [2.75, 3.05) is 26.2 Å². The maximum absolute atomic E-state index is 12.9. The average molecular weight is 463 g/mol. The molecule has 0 bridgehead atoms. The van der Waals surface area contributed by atoms with E-state index >= 15 is 0 Å². The van der Waals surface area contributed by atoms with Crippen LogP contribution in [-0.4, -0.2) is 71.5 Å². The smallest absolute Gasteiger partial charge is 0.332 e. The van der Waals surface area contributed by atoms with Gasteiger partial charge in [-0.15, -0.1) is 0 Å². The number of amides is 2. The van der Waals surface area contributed by atoms with E-state index in [1.54, 1.807) is 16.8 Å². The van der Waals surface area contributed by atoms with Gasteiger partial charge in [-0.2, -0.15) is 0 Å². The normalized spacial score (nSPS) is 14.3. The number of aromatic nitrogens is 5. The van der Waals surface area contributed by atoms with Crippen molar-refractivity contribution in [1.82, 2.24) is 33.5 Å². The second kappa shape index (κ2) is 8.32. The second-order valence-corrected chi connectivity index (χ2v) is 8.56. The van der Waals surface area contributed by atoms with Crippen LogP contribution in [0.3, 0.4) is 0 Å². The fraction of sp³-hybridized carbons (Fsp3) is 0.348. The minimum absolute atomic E-state index is 0.00333. The van der Waals surface area contributed by atoms with E-state index < -0.39 is 11.2 Å². The number of para-hydroxylation sites is 1.